The summed E-state index contributed by atoms with van der Waals surface area (Å²) in [7, 11) is 0. The lowest BCUT2D eigenvalue weighted by molar-refractivity contribution is 1.02. The Kier molecular flexibility index (Phi) is 3.86. The van der Waals surface area contributed by atoms with Gasteiger partial charge in [-0.3, -0.25) is 0 Å². The van der Waals surface area contributed by atoms with Crippen LogP contribution in [0.5, 0.6) is 0 Å². The normalized spacial score (nSPS) is 10.3. The minimum Gasteiger partial charge on any atom is -0.301 e. The molecule has 0 saturated heterocycles. The number of aliphatic imine (C=N–C) groups is 1. The van der Waals surface area contributed by atoms with Crippen molar-refractivity contribution in [1.29, 1.82) is 0 Å². The van der Waals surface area contributed by atoms with Gasteiger partial charge in [0, 0.05) is 6.54 Å². The van der Waals surface area contributed by atoms with Crippen LogP contribution in [-0.4, -0.2) is 13.3 Å². The van der Waals surface area contributed by atoms with Gasteiger partial charge in [0.1, 0.15) is 0 Å². The molecule has 0 heterocycles. The first-order valence-corrected chi connectivity index (χ1v) is 4.07. The Hall–Kier alpha value is -1.37. The summed E-state index contributed by atoms with van der Waals surface area (Å²) < 4.78 is 0. The van der Waals surface area contributed by atoms with E-state index in [1.807, 2.05) is 18.2 Å². The Morgan fingerprint density at radius 3 is 2.67 bits per heavy atom. The molecule has 0 bridgehead atoms. The average Bonchev–Trinajstić information content (AvgIpc) is 2.14. The highest BCUT2D eigenvalue weighted by atomic mass is 14.7. The second kappa shape index (κ2) is 5.30. The lowest BCUT2D eigenvalue weighted by Crippen LogP contribution is -1.73. The summed E-state index contributed by atoms with van der Waals surface area (Å²) in [5, 5.41) is 0. The molecule has 1 rings (SSSR count). The van der Waals surface area contributed by atoms with E-state index < -0.39 is 0 Å². The van der Waals surface area contributed by atoms with Gasteiger partial charge in [-0.2, -0.15) is 0 Å². The molecular formula is C11H13N. The van der Waals surface area contributed by atoms with E-state index in [1.54, 1.807) is 0 Å². The van der Waals surface area contributed by atoms with E-state index in [4.69, 9.17) is 0 Å². The number of nitrogens with zero attached hydrogens (tertiary/aromatic N) is 1. The van der Waals surface area contributed by atoms with Gasteiger partial charge in [-0.1, -0.05) is 42.5 Å². The van der Waals surface area contributed by atoms with Crippen LogP contribution in [-0.2, 0) is 0 Å². The van der Waals surface area contributed by atoms with Gasteiger partial charge >= 0.3 is 0 Å². The first kappa shape index (κ1) is 8.72. The van der Waals surface area contributed by atoms with Gasteiger partial charge in [0.05, 0.1) is 0 Å². The van der Waals surface area contributed by atoms with Gasteiger partial charge in [0.2, 0.25) is 0 Å². The molecule has 0 fully saturated rings. The molecule has 0 N–H and O–H groups in total. The minimum absolute atomic E-state index is 0.809. The van der Waals surface area contributed by atoms with Gasteiger partial charge in [-0.25, -0.2) is 0 Å². The van der Waals surface area contributed by atoms with Crippen molar-refractivity contribution in [2.75, 3.05) is 6.54 Å². The molecule has 0 unspecified atom stereocenters. The molecule has 0 radical (unpaired) electrons. The molecule has 0 aliphatic rings. The fraction of sp³-hybridized carbons (Fsp3) is 0.182. The van der Waals surface area contributed by atoms with Crippen molar-refractivity contribution >= 4 is 12.8 Å². The lowest BCUT2D eigenvalue weighted by atomic mass is 10.2. The molecule has 1 nitrogen and oxygen atoms in total. The van der Waals surface area contributed by atoms with E-state index in [-0.39, 0.29) is 0 Å². The lowest BCUT2D eigenvalue weighted by Gasteiger charge is -1.90. The maximum atomic E-state index is 3.77. The third-order valence-electron chi connectivity index (χ3n) is 1.56. The zero-order valence-electron chi connectivity index (χ0n) is 7.11. The summed E-state index contributed by atoms with van der Waals surface area (Å²) in [5.41, 5.74) is 1.24. The zero-order chi connectivity index (χ0) is 8.65. The third-order valence-corrected chi connectivity index (χ3v) is 1.56. The summed E-state index contributed by atoms with van der Waals surface area (Å²) in [6.45, 7) is 4.23. The van der Waals surface area contributed by atoms with Crippen LogP contribution in [0.3, 0.4) is 0 Å². The second-order valence-electron chi connectivity index (χ2n) is 2.55. The van der Waals surface area contributed by atoms with Gasteiger partial charge < -0.3 is 4.99 Å². The van der Waals surface area contributed by atoms with Crippen LogP contribution in [0, 0.1) is 0 Å². The molecule has 0 aliphatic carbocycles. The van der Waals surface area contributed by atoms with Crippen LogP contribution >= 0.6 is 0 Å². The van der Waals surface area contributed by atoms with Crippen LogP contribution in [0.2, 0.25) is 0 Å². The zero-order valence-corrected chi connectivity index (χ0v) is 7.11. The van der Waals surface area contributed by atoms with Crippen LogP contribution in [0.4, 0.5) is 0 Å². The van der Waals surface area contributed by atoms with Crippen molar-refractivity contribution in [3.05, 3.63) is 42.0 Å². The Morgan fingerprint density at radius 2 is 2.00 bits per heavy atom. The van der Waals surface area contributed by atoms with Crippen molar-refractivity contribution in [2.45, 2.75) is 6.42 Å². The largest absolute Gasteiger partial charge is 0.301 e. The van der Waals surface area contributed by atoms with Gasteiger partial charge in [0.25, 0.3) is 0 Å². The maximum absolute atomic E-state index is 3.77. The molecule has 0 saturated carbocycles. The van der Waals surface area contributed by atoms with Crippen LogP contribution in [0.1, 0.15) is 12.0 Å². The highest BCUT2D eigenvalue weighted by molar-refractivity contribution is 5.48. The fourth-order valence-electron chi connectivity index (χ4n) is 0.949. The molecule has 0 atom stereocenters. The Balaban J connectivity index is 2.41. The first-order valence-electron chi connectivity index (χ1n) is 4.07. The fourth-order valence-corrected chi connectivity index (χ4v) is 0.949. The molecule has 1 aromatic rings. The Bertz CT molecular complexity index is 249. The van der Waals surface area contributed by atoms with Crippen molar-refractivity contribution in [1.82, 2.24) is 0 Å². The number of benzene rings is 1. The molecule has 0 aromatic heterocycles. The summed E-state index contributed by atoms with van der Waals surface area (Å²) in [5.74, 6) is 0. The van der Waals surface area contributed by atoms with Crippen molar-refractivity contribution in [3.63, 3.8) is 0 Å². The molecule has 0 amide bonds. The summed E-state index contributed by atoms with van der Waals surface area (Å²) in [6.07, 6.45) is 5.19. The van der Waals surface area contributed by atoms with Crippen molar-refractivity contribution in [2.24, 2.45) is 4.99 Å². The Morgan fingerprint density at radius 1 is 1.25 bits per heavy atom. The monoisotopic (exact) mass is 159 g/mol. The summed E-state index contributed by atoms with van der Waals surface area (Å²) in [4.78, 5) is 3.77. The minimum atomic E-state index is 0.809. The third kappa shape index (κ3) is 3.15. The molecule has 0 spiro atoms. The predicted octanol–water partition coefficient (Wildman–Crippen LogP) is 2.79. The SMILES string of the molecule is C=NCC/C=C/c1ccccc1. The quantitative estimate of drug-likeness (QED) is 0.473. The van der Waals surface area contributed by atoms with Crippen LogP contribution in [0.25, 0.3) is 6.08 Å². The molecular weight excluding hydrogens is 146 g/mol. The number of rotatable bonds is 4. The van der Waals surface area contributed by atoms with E-state index in [0.29, 0.717) is 0 Å². The number of hydrogen-bond acceptors (Lipinski definition) is 1. The first-order chi connectivity index (χ1) is 5.93. The Labute approximate surface area is 73.5 Å². The average molecular weight is 159 g/mol. The van der Waals surface area contributed by atoms with Crippen LogP contribution in [0.15, 0.2) is 41.4 Å². The number of hydrogen-bond donors (Lipinski definition) is 0. The highest BCUT2D eigenvalue weighted by Crippen LogP contribution is 2.01. The molecule has 1 heteroatoms. The van der Waals surface area contributed by atoms with E-state index in [9.17, 15) is 0 Å². The topological polar surface area (TPSA) is 12.4 Å². The predicted molar refractivity (Wildman–Crippen MR) is 54.5 cm³/mol. The van der Waals surface area contributed by atoms with E-state index in [1.165, 1.54) is 5.56 Å². The van der Waals surface area contributed by atoms with Gasteiger partial charge in [-0.05, 0) is 18.7 Å². The van der Waals surface area contributed by atoms with E-state index >= 15 is 0 Å². The standard InChI is InChI=1S/C11H13N/c1-12-10-6-5-9-11-7-3-2-4-8-11/h2-5,7-9H,1,6,10H2/b9-5+. The smallest absolute Gasteiger partial charge is 0.0416 e. The summed E-state index contributed by atoms with van der Waals surface area (Å²) >= 11 is 0. The molecule has 0 aliphatic heterocycles. The molecule has 1 aromatic carbocycles. The van der Waals surface area contributed by atoms with Crippen LogP contribution < -0.4 is 0 Å². The maximum Gasteiger partial charge on any atom is 0.0416 e. The van der Waals surface area contributed by atoms with E-state index in [0.717, 1.165) is 13.0 Å². The molecule has 12 heavy (non-hydrogen) atoms. The van der Waals surface area contributed by atoms with E-state index in [2.05, 4.69) is 36.0 Å². The molecule has 62 valence electrons. The van der Waals surface area contributed by atoms with Crippen molar-refractivity contribution < 1.29 is 0 Å². The van der Waals surface area contributed by atoms with Gasteiger partial charge in [-0.15, -0.1) is 0 Å². The highest BCUT2D eigenvalue weighted by Gasteiger charge is 1.81. The second-order valence-corrected chi connectivity index (χ2v) is 2.55. The van der Waals surface area contributed by atoms with Gasteiger partial charge in [0.15, 0.2) is 0 Å². The summed E-state index contributed by atoms with van der Waals surface area (Å²) in [6, 6.07) is 10.2. The van der Waals surface area contributed by atoms with Crippen molar-refractivity contribution in [3.8, 4) is 0 Å².